The molecule has 0 amide bonds. The average Bonchev–Trinajstić information content (AvgIpc) is 1.94. The summed E-state index contributed by atoms with van der Waals surface area (Å²) in [7, 11) is 2.17. The molecule has 0 aromatic carbocycles. The summed E-state index contributed by atoms with van der Waals surface area (Å²) in [5.74, 6) is 1.19. The van der Waals surface area contributed by atoms with Crippen molar-refractivity contribution in [3.63, 3.8) is 0 Å². The summed E-state index contributed by atoms with van der Waals surface area (Å²) < 4.78 is 5.35. The number of nitrogens with zero attached hydrogens (tertiary/aromatic N) is 1. The van der Waals surface area contributed by atoms with E-state index in [1.54, 1.807) is 0 Å². The zero-order valence-corrected chi connectivity index (χ0v) is 7.49. The molecule has 0 aromatic heterocycles. The van der Waals surface area contributed by atoms with E-state index in [2.05, 4.69) is 18.2 Å². The maximum Gasteiger partial charge on any atom is 0.0630 e. The van der Waals surface area contributed by atoms with E-state index in [0.29, 0.717) is 6.04 Å². The van der Waals surface area contributed by atoms with Gasteiger partial charge in [-0.3, -0.25) is 4.90 Å². The Morgan fingerprint density at radius 1 is 1.70 bits per heavy atom. The third kappa shape index (κ3) is 2.15. The van der Waals surface area contributed by atoms with E-state index in [4.69, 9.17) is 4.74 Å². The SMILES string of the molecule is CSCC1COCCN1C. The summed E-state index contributed by atoms with van der Waals surface area (Å²) >= 11 is 1.89. The van der Waals surface area contributed by atoms with Crippen molar-refractivity contribution in [3.05, 3.63) is 0 Å². The van der Waals surface area contributed by atoms with Gasteiger partial charge in [0.15, 0.2) is 0 Å². The average molecular weight is 161 g/mol. The van der Waals surface area contributed by atoms with Crippen molar-refractivity contribution < 1.29 is 4.74 Å². The van der Waals surface area contributed by atoms with Crippen molar-refractivity contribution >= 4 is 11.8 Å². The van der Waals surface area contributed by atoms with E-state index < -0.39 is 0 Å². The molecule has 1 unspecified atom stereocenters. The van der Waals surface area contributed by atoms with Gasteiger partial charge in [0.2, 0.25) is 0 Å². The number of likely N-dealkylation sites (N-methyl/N-ethyl adjacent to an activating group) is 1. The fraction of sp³-hybridized carbons (Fsp3) is 1.00. The van der Waals surface area contributed by atoms with Crippen molar-refractivity contribution in [2.24, 2.45) is 0 Å². The molecule has 0 aliphatic carbocycles. The summed E-state index contributed by atoms with van der Waals surface area (Å²) in [5, 5.41) is 0. The Kier molecular flexibility index (Phi) is 3.52. The molecule has 0 spiro atoms. The monoisotopic (exact) mass is 161 g/mol. The predicted molar refractivity (Wildman–Crippen MR) is 45.6 cm³/mol. The second kappa shape index (κ2) is 4.21. The van der Waals surface area contributed by atoms with Gasteiger partial charge in [-0.05, 0) is 13.3 Å². The van der Waals surface area contributed by atoms with Crippen LogP contribution < -0.4 is 0 Å². The van der Waals surface area contributed by atoms with Gasteiger partial charge in [0.1, 0.15) is 0 Å². The summed E-state index contributed by atoms with van der Waals surface area (Å²) in [6, 6.07) is 0.642. The smallest absolute Gasteiger partial charge is 0.0630 e. The first-order valence-electron chi connectivity index (χ1n) is 3.61. The molecule has 10 heavy (non-hydrogen) atoms. The van der Waals surface area contributed by atoms with Crippen LogP contribution >= 0.6 is 11.8 Å². The molecule has 3 heteroatoms. The van der Waals surface area contributed by atoms with Crippen molar-refractivity contribution in [3.8, 4) is 0 Å². The molecule has 1 aliphatic rings. The number of morpholine rings is 1. The van der Waals surface area contributed by atoms with E-state index in [9.17, 15) is 0 Å². The molecule has 0 bridgehead atoms. The van der Waals surface area contributed by atoms with Gasteiger partial charge >= 0.3 is 0 Å². The standard InChI is InChI=1S/C7H15NOS/c1-8-3-4-9-5-7(8)6-10-2/h7H,3-6H2,1-2H3. The highest BCUT2D eigenvalue weighted by Crippen LogP contribution is 2.08. The summed E-state index contributed by atoms with van der Waals surface area (Å²) in [5.41, 5.74) is 0. The summed E-state index contributed by atoms with van der Waals surface area (Å²) in [6.07, 6.45) is 2.14. The first-order valence-corrected chi connectivity index (χ1v) is 5.01. The van der Waals surface area contributed by atoms with Gasteiger partial charge < -0.3 is 4.74 Å². The third-order valence-electron chi connectivity index (χ3n) is 1.88. The van der Waals surface area contributed by atoms with Crippen LogP contribution in [0.2, 0.25) is 0 Å². The van der Waals surface area contributed by atoms with Crippen LogP contribution in [0.4, 0.5) is 0 Å². The van der Waals surface area contributed by atoms with E-state index in [-0.39, 0.29) is 0 Å². The lowest BCUT2D eigenvalue weighted by Crippen LogP contribution is -2.44. The van der Waals surface area contributed by atoms with Crippen LogP contribution in [0.1, 0.15) is 0 Å². The maximum absolute atomic E-state index is 5.35. The number of hydrogen-bond acceptors (Lipinski definition) is 3. The molecule has 0 saturated carbocycles. The Balaban J connectivity index is 2.25. The minimum Gasteiger partial charge on any atom is -0.378 e. The van der Waals surface area contributed by atoms with Crippen LogP contribution in [0.5, 0.6) is 0 Å². The number of thioether (sulfide) groups is 1. The highest BCUT2D eigenvalue weighted by atomic mass is 32.2. The largest absolute Gasteiger partial charge is 0.378 e. The minimum absolute atomic E-state index is 0.642. The van der Waals surface area contributed by atoms with Crippen molar-refractivity contribution in [1.29, 1.82) is 0 Å². The Labute approximate surface area is 66.9 Å². The van der Waals surface area contributed by atoms with Crippen LogP contribution in [0, 0.1) is 0 Å². The van der Waals surface area contributed by atoms with E-state index in [1.165, 1.54) is 5.75 Å². The highest BCUT2D eigenvalue weighted by molar-refractivity contribution is 7.98. The molecule has 0 radical (unpaired) electrons. The topological polar surface area (TPSA) is 12.5 Å². The molecule has 1 aliphatic heterocycles. The lowest BCUT2D eigenvalue weighted by atomic mass is 10.3. The van der Waals surface area contributed by atoms with Crippen LogP contribution in [0.3, 0.4) is 0 Å². The van der Waals surface area contributed by atoms with Crippen molar-refractivity contribution in [2.45, 2.75) is 6.04 Å². The van der Waals surface area contributed by atoms with Gasteiger partial charge in [0.05, 0.1) is 13.2 Å². The van der Waals surface area contributed by atoms with Crippen LogP contribution in [0.25, 0.3) is 0 Å². The predicted octanol–water partition coefficient (Wildman–Crippen LogP) is 0.680. The van der Waals surface area contributed by atoms with Gasteiger partial charge in [-0.25, -0.2) is 0 Å². The van der Waals surface area contributed by atoms with Gasteiger partial charge in [-0.1, -0.05) is 0 Å². The second-order valence-corrected chi connectivity index (χ2v) is 3.58. The van der Waals surface area contributed by atoms with Gasteiger partial charge in [-0.2, -0.15) is 11.8 Å². The molecule has 1 rings (SSSR count). The van der Waals surface area contributed by atoms with Crippen LogP contribution in [0.15, 0.2) is 0 Å². The summed E-state index contributed by atoms with van der Waals surface area (Å²) in [6.45, 7) is 2.91. The quantitative estimate of drug-likeness (QED) is 0.591. The van der Waals surface area contributed by atoms with Gasteiger partial charge in [0, 0.05) is 18.3 Å². The Morgan fingerprint density at radius 2 is 2.50 bits per heavy atom. The normalized spacial score (nSPS) is 28.8. The number of rotatable bonds is 2. The molecular weight excluding hydrogens is 146 g/mol. The van der Waals surface area contributed by atoms with Crippen LogP contribution in [-0.2, 0) is 4.74 Å². The zero-order valence-electron chi connectivity index (χ0n) is 6.67. The lowest BCUT2D eigenvalue weighted by Gasteiger charge is -2.31. The fourth-order valence-electron chi connectivity index (χ4n) is 1.11. The molecular formula is C7H15NOS. The Morgan fingerprint density at radius 3 is 3.10 bits per heavy atom. The van der Waals surface area contributed by atoms with Crippen molar-refractivity contribution in [2.75, 3.05) is 38.8 Å². The van der Waals surface area contributed by atoms with E-state index >= 15 is 0 Å². The maximum atomic E-state index is 5.35. The molecule has 2 nitrogen and oxygen atoms in total. The zero-order chi connectivity index (χ0) is 7.40. The summed E-state index contributed by atoms with van der Waals surface area (Å²) in [4.78, 5) is 2.38. The van der Waals surface area contributed by atoms with Crippen LogP contribution in [-0.4, -0.2) is 49.8 Å². The Hall–Kier alpha value is 0.270. The van der Waals surface area contributed by atoms with E-state index in [1.807, 2.05) is 11.8 Å². The minimum atomic E-state index is 0.642. The molecule has 60 valence electrons. The number of ether oxygens (including phenoxy) is 1. The molecule has 1 atom stereocenters. The number of hydrogen-bond donors (Lipinski definition) is 0. The fourth-order valence-corrected chi connectivity index (χ4v) is 1.84. The van der Waals surface area contributed by atoms with Gasteiger partial charge in [-0.15, -0.1) is 0 Å². The first kappa shape index (κ1) is 8.37. The molecule has 1 heterocycles. The van der Waals surface area contributed by atoms with Gasteiger partial charge in [0.25, 0.3) is 0 Å². The third-order valence-corrected chi connectivity index (χ3v) is 2.60. The molecule has 0 aromatic rings. The second-order valence-electron chi connectivity index (χ2n) is 2.66. The highest BCUT2D eigenvalue weighted by Gasteiger charge is 2.17. The lowest BCUT2D eigenvalue weighted by molar-refractivity contribution is 0.0149. The van der Waals surface area contributed by atoms with E-state index in [0.717, 1.165) is 19.8 Å². The first-order chi connectivity index (χ1) is 4.84. The Bertz CT molecular complexity index is 97.6. The molecule has 1 saturated heterocycles. The molecule has 1 fully saturated rings. The molecule has 0 N–H and O–H groups in total. The van der Waals surface area contributed by atoms with Crippen molar-refractivity contribution in [1.82, 2.24) is 4.90 Å².